The topological polar surface area (TPSA) is 89.2 Å². The highest BCUT2D eigenvalue weighted by molar-refractivity contribution is 6.46. The number of likely N-dealkylation sites (tertiary alicyclic amines) is 1. The first-order valence-corrected chi connectivity index (χ1v) is 11.5. The predicted octanol–water partition coefficient (Wildman–Crippen LogP) is 5.70. The van der Waals surface area contributed by atoms with Crippen LogP contribution in [0.15, 0.2) is 64.8 Å². The summed E-state index contributed by atoms with van der Waals surface area (Å²) in [7, 11) is 2.86. The average molecular weight is 496 g/mol. The van der Waals surface area contributed by atoms with E-state index in [1.807, 2.05) is 24.3 Å². The fourth-order valence-electron chi connectivity index (χ4n) is 4.21. The molecule has 1 N–H and O–H groups in total. The lowest BCUT2D eigenvalue weighted by molar-refractivity contribution is -0.140. The monoisotopic (exact) mass is 495 g/mol. The first-order valence-electron chi connectivity index (χ1n) is 11.1. The molecule has 1 fully saturated rings. The third-order valence-electron chi connectivity index (χ3n) is 6.09. The Kier molecular flexibility index (Phi) is 6.89. The highest BCUT2D eigenvalue weighted by Gasteiger charge is 2.46. The molecule has 1 saturated heterocycles. The van der Waals surface area contributed by atoms with Crippen molar-refractivity contribution in [1.29, 1.82) is 0 Å². The van der Waals surface area contributed by atoms with Crippen LogP contribution in [0.5, 0.6) is 11.5 Å². The number of ketones is 1. The van der Waals surface area contributed by atoms with Gasteiger partial charge in [0.2, 0.25) is 0 Å². The maximum absolute atomic E-state index is 13.3. The van der Waals surface area contributed by atoms with E-state index in [1.54, 1.807) is 12.1 Å². The molecule has 0 aliphatic carbocycles. The van der Waals surface area contributed by atoms with Crippen molar-refractivity contribution >= 4 is 29.1 Å². The van der Waals surface area contributed by atoms with Crippen LogP contribution in [-0.4, -0.2) is 35.9 Å². The third kappa shape index (κ3) is 4.51. The number of aliphatic hydroxyl groups is 1. The Balaban J connectivity index is 1.92. The second-order valence-electron chi connectivity index (χ2n) is 8.51. The number of ether oxygens (including phenoxy) is 2. The third-order valence-corrected chi connectivity index (χ3v) is 6.39. The van der Waals surface area contributed by atoms with Crippen molar-refractivity contribution in [3.63, 3.8) is 0 Å². The van der Waals surface area contributed by atoms with Gasteiger partial charge in [0.15, 0.2) is 0 Å². The van der Waals surface area contributed by atoms with E-state index in [1.165, 1.54) is 37.5 Å². The van der Waals surface area contributed by atoms with E-state index in [4.69, 9.17) is 25.5 Å². The van der Waals surface area contributed by atoms with Crippen molar-refractivity contribution in [2.45, 2.75) is 32.4 Å². The Morgan fingerprint density at radius 3 is 2.34 bits per heavy atom. The number of nitrogens with zero attached hydrogens (tertiary/aromatic N) is 1. The fraction of sp³-hybridized carbons (Fsp3) is 0.259. The summed E-state index contributed by atoms with van der Waals surface area (Å²) in [5.74, 6) is -0.569. The van der Waals surface area contributed by atoms with E-state index in [0.29, 0.717) is 17.2 Å². The van der Waals surface area contributed by atoms with Gasteiger partial charge in [0.1, 0.15) is 23.0 Å². The number of hydrogen-bond acceptors (Lipinski definition) is 6. The molecule has 3 aromatic rings. The van der Waals surface area contributed by atoms with Crippen molar-refractivity contribution in [2.24, 2.45) is 0 Å². The lowest BCUT2D eigenvalue weighted by Crippen LogP contribution is -2.29. The second kappa shape index (κ2) is 9.88. The number of furan rings is 1. The van der Waals surface area contributed by atoms with E-state index >= 15 is 0 Å². The predicted molar refractivity (Wildman–Crippen MR) is 132 cm³/mol. The van der Waals surface area contributed by atoms with Gasteiger partial charge in [-0.2, -0.15) is 0 Å². The molecule has 1 aliphatic heterocycles. The van der Waals surface area contributed by atoms with Crippen molar-refractivity contribution in [3.8, 4) is 11.5 Å². The number of aliphatic hydroxyl groups excluding tert-OH is 1. The van der Waals surface area contributed by atoms with E-state index < -0.39 is 17.7 Å². The maximum atomic E-state index is 13.3. The molecule has 1 atom stereocenters. The zero-order chi connectivity index (χ0) is 25.3. The zero-order valence-electron chi connectivity index (χ0n) is 19.9. The largest absolute Gasteiger partial charge is 0.507 e. The standard InChI is InChI=1S/C27H26ClNO6/c1-15(2)16-7-9-17(10-8-16)24-23(26(31)27(32)29(24)14-18-6-5-11-35-18)25(30)19-12-22(34-4)20(28)13-21(19)33-3/h5-13,15,24,30H,14H2,1-4H3/b25-23+. The molecule has 1 unspecified atom stereocenters. The summed E-state index contributed by atoms with van der Waals surface area (Å²) in [6.45, 7) is 4.22. The Morgan fingerprint density at radius 2 is 1.77 bits per heavy atom. The molecule has 35 heavy (non-hydrogen) atoms. The van der Waals surface area contributed by atoms with Crippen molar-refractivity contribution in [1.82, 2.24) is 4.90 Å². The van der Waals surface area contributed by atoms with Crippen LogP contribution < -0.4 is 9.47 Å². The number of methoxy groups -OCH3 is 2. The van der Waals surface area contributed by atoms with Crippen molar-refractivity contribution in [3.05, 3.63) is 87.8 Å². The number of carbonyl (C=O) groups is 2. The lowest BCUT2D eigenvalue weighted by Gasteiger charge is -2.25. The first-order chi connectivity index (χ1) is 16.8. The Bertz CT molecular complexity index is 1280. The number of amides is 1. The van der Waals surface area contributed by atoms with Gasteiger partial charge in [0.25, 0.3) is 11.7 Å². The molecule has 0 saturated carbocycles. The molecule has 4 rings (SSSR count). The summed E-state index contributed by atoms with van der Waals surface area (Å²) in [6, 6.07) is 13.2. The van der Waals surface area contributed by atoms with Gasteiger partial charge in [0.05, 0.1) is 49.2 Å². The quantitative estimate of drug-likeness (QED) is 0.257. The van der Waals surface area contributed by atoms with Gasteiger partial charge >= 0.3 is 0 Å². The molecule has 0 radical (unpaired) electrons. The summed E-state index contributed by atoms with van der Waals surface area (Å²) in [6.07, 6.45) is 1.50. The van der Waals surface area contributed by atoms with E-state index in [9.17, 15) is 14.7 Å². The Hall–Kier alpha value is -3.71. The van der Waals surface area contributed by atoms with Crippen LogP contribution in [0.4, 0.5) is 0 Å². The van der Waals surface area contributed by atoms with Gasteiger partial charge < -0.3 is 23.9 Å². The van der Waals surface area contributed by atoms with E-state index in [0.717, 1.165) is 5.56 Å². The smallest absolute Gasteiger partial charge is 0.296 e. The van der Waals surface area contributed by atoms with Gasteiger partial charge in [-0.15, -0.1) is 0 Å². The number of hydrogen-bond donors (Lipinski definition) is 1. The first kappa shape index (κ1) is 24.4. The SMILES string of the molecule is COc1cc(/C(O)=C2\C(=O)C(=O)N(Cc3ccco3)C2c2ccc(C(C)C)cc2)c(OC)cc1Cl. The number of rotatable bonds is 7. The Morgan fingerprint density at radius 1 is 1.09 bits per heavy atom. The number of carbonyl (C=O) groups excluding carboxylic acids is 2. The highest BCUT2D eigenvalue weighted by Crippen LogP contribution is 2.43. The van der Waals surface area contributed by atoms with Gasteiger partial charge in [-0.3, -0.25) is 9.59 Å². The Labute approximate surface area is 208 Å². The molecule has 1 aliphatic rings. The van der Waals surface area contributed by atoms with E-state index in [2.05, 4.69) is 13.8 Å². The summed E-state index contributed by atoms with van der Waals surface area (Å²) in [4.78, 5) is 27.9. The lowest BCUT2D eigenvalue weighted by atomic mass is 9.93. The minimum absolute atomic E-state index is 0.0541. The van der Waals surface area contributed by atoms with Crippen molar-refractivity contribution in [2.75, 3.05) is 14.2 Å². The van der Waals surface area contributed by atoms with Gasteiger partial charge in [-0.05, 0) is 35.2 Å². The normalized spacial score (nSPS) is 17.3. The molecule has 7 nitrogen and oxygen atoms in total. The van der Waals surface area contributed by atoms with Crippen molar-refractivity contribution < 1.29 is 28.6 Å². The summed E-state index contributed by atoms with van der Waals surface area (Å²) in [5, 5.41) is 11.7. The molecule has 2 aromatic carbocycles. The molecule has 2 heterocycles. The molecule has 182 valence electrons. The van der Waals surface area contributed by atoms with Crippen LogP contribution in [0.25, 0.3) is 5.76 Å². The molecule has 1 aromatic heterocycles. The average Bonchev–Trinajstić information content (AvgIpc) is 3.45. The van der Waals surface area contributed by atoms with Gasteiger partial charge in [-0.1, -0.05) is 49.7 Å². The maximum Gasteiger partial charge on any atom is 0.296 e. The zero-order valence-corrected chi connectivity index (χ0v) is 20.6. The number of Topliss-reactive ketones (excluding diaryl/α,β-unsaturated/α-hetero) is 1. The van der Waals surface area contributed by atoms with Crippen LogP contribution in [-0.2, 0) is 16.1 Å². The fourth-order valence-corrected chi connectivity index (χ4v) is 4.44. The van der Waals surface area contributed by atoms with Crippen LogP contribution in [0, 0.1) is 0 Å². The summed E-state index contributed by atoms with van der Waals surface area (Å²) >= 11 is 6.22. The summed E-state index contributed by atoms with van der Waals surface area (Å²) in [5.41, 5.74) is 1.93. The van der Waals surface area contributed by atoms with Crippen LogP contribution in [0.2, 0.25) is 5.02 Å². The second-order valence-corrected chi connectivity index (χ2v) is 8.92. The molecule has 0 spiro atoms. The van der Waals surface area contributed by atoms with Crippen LogP contribution in [0.3, 0.4) is 0 Å². The van der Waals surface area contributed by atoms with E-state index in [-0.39, 0.29) is 40.0 Å². The molecular formula is C27H26ClNO6. The minimum Gasteiger partial charge on any atom is -0.507 e. The minimum atomic E-state index is -0.840. The van der Waals surface area contributed by atoms with Crippen LogP contribution >= 0.6 is 11.6 Å². The highest BCUT2D eigenvalue weighted by atomic mass is 35.5. The number of halogens is 1. The molecular weight excluding hydrogens is 470 g/mol. The molecule has 1 amide bonds. The molecule has 8 heteroatoms. The van der Waals surface area contributed by atoms with Crippen LogP contribution in [0.1, 0.15) is 48.3 Å². The summed E-state index contributed by atoms with van der Waals surface area (Å²) < 4.78 is 16.1. The van der Waals surface area contributed by atoms with Gasteiger partial charge in [-0.25, -0.2) is 0 Å². The number of benzene rings is 2. The molecule has 0 bridgehead atoms. The van der Waals surface area contributed by atoms with Gasteiger partial charge in [0, 0.05) is 6.07 Å².